The number of hydrogen-bond donors (Lipinski definition) is 14. The molecule has 0 saturated carbocycles. The van der Waals surface area contributed by atoms with Crippen LogP contribution in [0.4, 0.5) is 0 Å². The molecule has 4 aliphatic rings. The third-order valence-electron chi connectivity index (χ3n) is 9.10. The van der Waals surface area contributed by atoms with Gasteiger partial charge in [0.05, 0.1) is 33.0 Å². The van der Waals surface area contributed by atoms with E-state index in [9.17, 15) is 71.5 Å². The smallest absolute Gasteiger partial charge is 0.224 e. The summed E-state index contributed by atoms with van der Waals surface area (Å²) in [5, 5.41) is 143. The molecule has 0 aliphatic carbocycles. The molecule has 4 fully saturated rings. The summed E-state index contributed by atoms with van der Waals surface area (Å²) in [5.41, 5.74) is -1.76. The van der Waals surface area contributed by atoms with Crippen molar-refractivity contribution in [3.05, 3.63) is 0 Å². The van der Waals surface area contributed by atoms with E-state index in [1.165, 1.54) is 0 Å². The van der Waals surface area contributed by atoms with Crippen LogP contribution in [0.25, 0.3) is 0 Å². The highest BCUT2D eigenvalue weighted by Gasteiger charge is 2.62. The van der Waals surface area contributed by atoms with Crippen molar-refractivity contribution in [2.75, 3.05) is 52.9 Å². The molecular weight excluding hydrogens is 648 g/mol. The lowest BCUT2D eigenvalue weighted by molar-refractivity contribution is -0.400. The summed E-state index contributed by atoms with van der Waals surface area (Å²) in [6.07, 6.45) is -24.5. The lowest BCUT2D eigenvalue weighted by Gasteiger charge is -2.44. The molecule has 0 spiro atoms. The fraction of sp³-hybridized carbons (Fsp3) is 1.00. The first kappa shape index (κ1) is 39.0. The van der Waals surface area contributed by atoms with Crippen molar-refractivity contribution >= 4 is 0 Å². The van der Waals surface area contributed by atoms with Crippen molar-refractivity contribution in [2.45, 2.75) is 109 Å². The van der Waals surface area contributed by atoms with Gasteiger partial charge in [-0.3, -0.25) is 0 Å². The van der Waals surface area contributed by atoms with Crippen LogP contribution >= 0.6 is 0 Å². The van der Waals surface area contributed by atoms with Crippen LogP contribution in [0.15, 0.2) is 0 Å². The highest BCUT2D eigenvalue weighted by atomic mass is 16.8. The Bertz CT molecular complexity index is 994. The molecule has 17 atom stereocenters. The molecule has 0 aromatic rings. The van der Waals surface area contributed by atoms with Gasteiger partial charge in [0.2, 0.25) is 11.6 Å². The maximum atomic E-state index is 11.0. The highest BCUT2D eigenvalue weighted by molar-refractivity contribution is 5.03. The predicted molar refractivity (Wildman–Crippen MR) is 143 cm³/mol. The third-order valence-corrected chi connectivity index (χ3v) is 9.10. The van der Waals surface area contributed by atoms with Gasteiger partial charge >= 0.3 is 0 Å². The highest BCUT2D eigenvalue weighted by Crippen LogP contribution is 2.40. The second-order valence-corrected chi connectivity index (χ2v) is 12.1. The molecule has 0 aromatic carbocycles. The fourth-order valence-corrected chi connectivity index (χ4v) is 6.10. The summed E-state index contributed by atoms with van der Waals surface area (Å²) in [6, 6.07) is 0. The van der Waals surface area contributed by atoms with Crippen LogP contribution in [-0.2, 0) is 33.2 Å². The molecule has 276 valence electrons. The summed E-state index contributed by atoms with van der Waals surface area (Å²) in [5.74, 6) is -5.00. The molecule has 0 amide bonds. The zero-order chi connectivity index (χ0) is 34.9. The first-order valence-electron chi connectivity index (χ1n) is 15.0. The Labute approximate surface area is 267 Å². The van der Waals surface area contributed by atoms with Crippen LogP contribution in [0.5, 0.6) is 0 Å². The monoisotopic (exact) mass is 694 g/mol. The zero-order valence-corrected chi connectivity index (χ0v) is 25.1. The van der Waals surface area contributed by atoms with Crippen LogP contribution in [0, 0.1) is 0 Å². The van der Waals surface area contributed by atoms with E-state index in [-0.39, 0.29) is 13.0 Å². The van der Waals surface area contributed by atoms with Crippen molar-refractivity contribution in [3.63, 3.8) is 0 Å². The van der Waals surface area contributed by atoms with Crippen LogP contribution in [0.2, 0.25) is 0 Å². The van der Waals surface area contributed by atoms with E-state index in [0.717, 1.165) is 0 Å². The fourth-order valence-electron chi connectivity index (χ4n) is 6.10. The van der Waals surface area contributed by atoms with Crippen molar-refractivity contribution in [3.8, 4) is 0 Å². The number of ether oxygens (including phenoxy) is 7. The molecule has 21 heteroatoms. The third kappa shape index (κ3) is 7.19. The van der Waals surface area contributed by atoms with E-state index in [4.69, 9.17) is 33.2 Å². The molecule has 21 nitrogen and oxygen atoms in total. The quantitative estimate of drug-likeness (QED) is 0.0707. The van der Waals surface area contributed by atoms with E-state index in [2.05, 4.69) is 0 Å². The molecule has 4 heterocycles. The summed E-state index contributed by atoms with van der Waals surface area (Å²) in [7, 11) is 0. The van der Waals surface area contributed by atoms with Crippen LogP contribution in [0.3, 0.4) is 0 Å². The number of aliphatic hydroxyl groups is 14. The Morgan fingerprint density at radius 2 is 1.02 bits per heavy atom. The maximum absolute atomic E-state index is 11.0. The second-order valence-electron chi connectivity index (χ2n) is 12.1. The van der Waals surface area contributed by atoms with Gasteiger partial charge in [-0.25, -0.2) is 0 Å². The average Bonchev–Trinajstić information content (AvgIpc) is 3.58. The number of aliphatic hydroxyl groups excluding tert-OH is 14. The van der Waals surface area contributed by atoms with Gasteiger partial charge in [0.1, 0.15) is 98.2 Å². The van der Waals surface area contributed by atoms with Crippen LogP contribution in [0.1, 0.15) is 6.42 Å². The molecule has 4 rings (SSSR count). The minimum Gasteiger partial charge on any atom is -0.394 e. The van der Waals surface area contributed by atoms with Gasteiger partial charge in [-0.1, -0.05) is 0 Å². The first-order valence-corrected chi connectivity index (χ1v) is 15.0. The molecule has 0 aromatic heterocycles. The standard InChI is InChI=1S/C26H46O21/c27-3-10-14(32)18(36)19(37)23(43-10)47-26(22(40)17(35)13(6-30)46-26)9-42-25(21(39)16(34)12(5-29)45-25)8-41-2-1-24(7-31)20(38)15(33)11(4-28)44-24/h10-23,27-40H,1-9H2/t10?,11-,12-,13-,14-,15?,16?,17?,18+,19?,20-,21-,22-,23+,24-,25-,26+/m1/s1. The van der Waals surface area contributed by atoms with Gasteiger partial charge in [0.25, 0.3) is 0 Å². The van der Waals surface area contributed by atoms with E-state index in [0.29, 0.717) is 0 Å². The molecule has 14 N–H and O–H groups in total. The van der Waals surface area contributed by atoms with Gasteiger partial charge in [0.15, 0.2) is 6.29 Å². The molecule has 5 unspecified atom stereocenters. The second kappa shape index (κ2) is 15.6. The molecule has 0 bridgehead atoms. The van der Waals surface area contributed by atoms with E-state index in [1.54, 1.807) is 0 Å². The Kier molecular flexibility index (Phi) is 12.9. The van der Waals surface area contributed by atoms with Gasteiger partial charge in [-0.15, -0.1) is 0 Å². The predicted octanol–water partition coefficient (Wildman–Crippen LogP) is -9.31. The minimum absolute atomic E-state index is 0.285. The first-order chi connectivity index (χ1) is 22.2. The van der Waals surface area contributed by atoms with Gasteiger partial charge in [-0.05, 0) is 0 Å². The molecule has 0 radical (unpaired) electrons. The number of rotatable bonds is 15. The van der Waals surface area contributed by atoms with Crippen LogP contribution in [-0.4, -0.2) is 227 Å². The van der Waals surface area contributed by atoms with Crippen molar-refractivity contribution < 1.29 is 105 Å². The van der Waals surface area contributed by atoms with E-state index >= 15 is 0 Å². The summed E-state index contributed by atoms with van der Waals surface area (Å²) >= 11 is 0. The largest absolute Gasteiger partial charge is 0.394 e. The van der Waals surface area contributed by atoms with Gasteiger partial charge in [-0.2, -0.15) is 0 Å². The van der Waals surface area contributed by atoms with Crippen molar-refractivity contribution in [1.82, 2.24) is 0 Å². The van der Waals surface area contributed by atoms with Gasteiger partial charge < -0.3 is 105 Å². The summed E-state index contributed by atoms with van der Waals surface area (Å²) in [6.45, 7) is -6.22. The van der Waals surface area contributed by atoms with Gasteiger partial charge in [0, 0.05) is 13.0 Å². The van der Waals surface area contributed by atoms with E-state index < -0.39 is 149 Å². The summed E-state index contributed by atoms with van der Waals surface area (Å²) < 4.78 is 39.1. The van der Waals surface area contributed by atoms with Crippen molar-refractivity contribution in [2.24, 2.45) is 0 Å². The molecule has 4 aliphatic heterocycles. The Balaban J connectivity index is 1.55. The minimum atomic E-state index is -2.60. The SMILES string of the molecule is OCC1O[C@@H](O[C@]2(CO[C@]3(COCC[C@]4(CO)O[C@H](CO)C(O)[C@H]4O)O[C@H](CO)C(O)[C@H]3O)O[C@H](CO)C(O)[C@H]2O)C(O)[C@@H](O)[C@@H]1O. The molecule has 47 heavy (non-hydrogen) atoms. The lowest BCUT2D eigenvalue weighted by atomic mass is 9.92. The molecular formula is C26H46O21. The average molecular weight is 695 g/mol. The Morgan fingerprint density at radius 3 is 1.53 bits per heavy atom. The molecule has 4 saturated heterocycles. The normalized spacial score (nSPS) is 50.4. The van der Waals surface area contributed by atoms with Crippen molar-refractivity contribution in [1.29, 1.82) is 0 Å². The van der Waals surface area contributed by atoms with Crippen LogP contribution < -0.4 is 0 Å². The lowest BCUT2D eigenvalue weighted by Crippen LogP contribution is -2.63. The maximum Gasteiger partial charge on any atom is 0.224 e. The topological polar surface area (TPSA) is 348 Å². The summed E-state index contributed by atoms with van der Waals surface area (Å²) in [4.78, 5) is 0. The van der Waals surface area contributed by atoms with E-state index in [1.807, 2.05) is 0 Å². The zero-order valence-electron chi connectivity index (χ0n) is 25.1. The Morgan fingerprint density at radius 1 is 0.511 bits per heavy atom. The Hall–Kier alpha value is -0.840. The number of hydrogen-bond acceptors (Lipinski definition) is 21.